The standard InChI is InChI=1S/C26H17ClN2OS2/c27-20-11-13-21(14-12-20)29-22(17-7-3-1-4-8-17)15-19(16-23-25(30)28-26(31)32-23)24(29)18-9-5-2-6-10-18/h1-16H,(H,28,30,31)/b23-16-. The fourth-order valence-corrected chi connectivity index (χ4v) is 4.93. The van der Waals surface area contributed by atoms with Crippen LogP contribution in [0.1, 0.15) is 5.56 Å². The van der Waals surface area contributed by atoms with Gasteiger partial charge >= 0.3 is 0 Å². The third-order valence-corrected chi connectivity index (χ3v) is 6.58. The molecule has 1 aromatic heterocycles. The first kappa shape index (κ1) is 20.8. The average Bonchev–Trinajstić information content (AvgIpc) is 3.34. The van der Waals surface area contributed by atoms with Crippen LogP contribution in [0.4, 0.5) is 0 Å². The summed E-state index contributed by atoms with van der Waals surface area (Å²) in [6.45, 7) is 0. The van der Waals surface area contributed by atoms with Gasteiger partial charge in [0.2, 0.25) is 0 Å². The number of aromatic nitrogens is 1. The summed E-state index contributed by atoms with van der Waals surface area (Å²) >= 11 is 12.7. The summed E-state index contributed by atoms with van der Waals surface area (Å²) in [4.78, 5) is 13.0. The van der Waals surface area contributed by atoms with Gasteiger partial charge in [0.15, 0.2) is 0 Å². The Kier molecular flexibility index (Phi) is 5.70. The molecule has 0 unspecified atom stereocenters. The Labute approximate surface area is 200 Å². The minimum atomic E-state index is -0.167. The first-order chi connectivity index (χ1) is 15.6. The summed E-state index contributed by atoms with van der Waals surface area (Å²) in [5.41, 5.74) is 6.05. The number of rotatable bonds is 4. The summed E-state index contributed by atoms with van der Waals surface area (Å²) in [6, 6.07) is 30.3. The van der Waals surface area contributed by atoms with E-state index in [0.29, 0.717) is 14.2 Å². The Bertz CT molecular complexity index is 1340. The number of thioether (sulfide) groups is 1. The van der Waals surface area contributed by atoms with Gasteiger partial charge in [-0.3, -0.25) is 4.79 Å². The van der Waals surface area contributed by atoms with Gasteiger partial charge in [0, 0.05) is 16.3 Å². The maximum Gasteiger partial charge on any atom is 0.263 e. The molecule has 0 spiro atoms. The number of thiocarbonyl (C=S) groups is 1. The summed E-state index contributed by atoms with van der Waals surface area (Å²) in [5, 5.41) is 3.38. The number of nitrogens with zero attached hydrogens (tertiary/aromatic N) is 1. The molecular formula is C26H17ClN2OS2. The maximum atomic E-state index is 12.4. The third-order valence-electron chi connectivity index (χ3n) is 5.16. The minimum absolute atomic E-state index is 0.167. The Morgan fingerprint density at radius 1 is 0.875 bits per heavy atom. The van der Waals surface area contributed by atoms with E-state index in [0.717, 1.165) is 33.8 Å². The lowest BCUT2D eigenvalue weighted by Gasteiger charge is -2.15. The number of carbonyl (C=O) groups excluding carboxylic acids is 1. The molecule has 0 saturated carbocycles. The first-order valence-electron chi connectivity index (χ1n) is 9.97. The van der Waals surface area contributed by atoms with E-state index < -0.39 is 0 Å². The first-order valence-corrected chi connectivity index (χ1v) is 11.6. The van der Waals surface area contributed by atoms with Crippen molar-refractivity contribution in [2.75, 3.05) is 0 Å². The lowest BCUT2D eigenvalue weighted by atomic mass is 10.1. The van der Waals surface area contributed by atoms with Gasteiger partial charge in [0.05, 0.1) is 16.3 Å². The number of benzene rings is 3. The summed E-state index contributed by atoms with van der Waals surface area (Å²) < 4.78 is 2.69. The van der Waals surface area contributed by atoms with Gasteiger partial charge in [-0.1, -0.05) is 96.2 Å². The number of hydrogen-bond acceptors (Lipinski definition) is 3. The zero-order valence-electron chi connectivity index (χ0n) is 16.8. The second-order valence-electron chi connectivity index (χ2n) is 7.23. The van der Waals surface area contributed by atoms with Gasteiger partial charge in [0.25, 0.3) is 5.91 Å². The van der Waals surface area contributed by atoms with Gasteiger partial charge < -0.3 is 9.88 Å². The van der Waals surface area contributed by atoms with Gasteiger partial charge in [-0.05, 0) is 47.5 Å². The number of nitrogens with one attached hydrogen (secondary N) is 1. The Morgan fingerprint density at radius 2 is 1.50 bits per heavy atom. The predicted octanol–water partition coefficient (Wildman–Crippen LogP) is 6.95. The molecule has 0 radical (unpaired) electrons. The molecule has 4 aromatic rings. The molecule has 0 atom stereocenters. The molecule has 0 bridgehead atoms. The number of carbonyl (C=O) groups is 1. The lowest BCUT2D eigenvalue weighted by molar-refractivity contribution is -0.115. The lowest BCUT2D eigenvalue weighted by Crippen LogP contribution is -2.17. The number of halogens is 1. The van der Waals surface area contributed by atoms with Gasteiger partial charge in [0.1, 0.15) is 4.32 Å². The van der Waals surface area contributed by atoms with E-state index >= 15 is 0 Å². The van der Waals surface area contributed by atoms with Crippen LogP contribution >= 0.6 is 35.6 Å². The van der Waals surface area contributed by atoms with Crippen LogP contribution in [-0.4, -0.2) is 14.8 Å². The quantitative estimate of drug-likeness (QED) is 0.257. The van der Waals surface area contributed by atoms with Crippen LogP contribution in [0.15, 0.2) is 95.9 Å². The maximum absolute atomic E-state index is 12.4. The summed E-state index contributed by atoms with van der Waals surface area (Å²) in [5.74, 6) is -0.167. The highest BCUT2D eigenvalue weighted by molar-refractivity contribution is 8.26. The fraction of sp³-hybridized carbons (Fsp3) is 0. The fourth-order valence-electron chi connectivity index (χ4n) is 3.77. The minimum Gasteiger partial charge on any atom is -0.309 e. The van der Waals surface area contributed by atoms with Gasteiger partial charge in [-0.25, -0.2) is 0 Å². The van der Waals surface area contributed by atoms with Crippen LogP contribution in [0, 0.1) is 0 Å². The highest BCUT2D eigenvalue weighted by Gasteiger charge is 2.25. The molecule has 2 heterocycles. The molecule has 1 fully saturated rings. The van der Waals surface area contributed by atoms with Gasteiger partial charge in [-0.15, -0.1) is 0 Å². The zero-order chi connectivity index (χ0) is 22.1. The van der Waals surface area contributed by atoms with Crippen molar-refractivity contribution in [1.82, 2.24) is 9.88 Å². The molecule has 6 heteroatoms. The van der Waals surface area contributed by atoms with Crippen molar-refractivity contribution in [2.45, 2.75) is 0 Å². The average molecular weight is 473 g/mol. The molecule has 3 aromatic carbocycles. The van der Waals surface area contributed by atoms with Crippen LogP contribution in [0.3, 0.4) is 0 Å². The van der Waals surface area contributed by atoms with Crippen molar-refractivity contribution in [1.29, 1.82) is 0 Å². The molecule has 1 aliphatic heterocycles. The molecule has 156 valence electrons. The van der Waals surface area contributed by atoms with Crippen molar-refractivity contribution < 1.29 is 4.79 Å². The van der Waals surface area contributed by atoms with Crippen molar-refractivity contribution in [3.8, 4) is 28.2 Å². The molecule has 3 nitrogen and oxygen atoms in total. The second kappa shape index (κ2) is 8.79. The summed E-state index contributed by atoms with van der Waals surface area (Å²) in [7, 11) is 0. The number of hydrogen-bond donors (Lipinski definition) is 1. The molecule has 0 aliphatic carbocycles. The highest BCUT2D eigenvalue weighted by atomic mass is 35.5. The topological polar surface area (TPSA) is 34.0 Å². The molecule has 32 heavy (non-hydrogen) atoms. The largest absolute Gasteiger partial charge is 0.309 e. The van der Waals surface area contributed by atoms with E-state index in [1.165, 1.54) is 11.8 Å². The van der Waals surface area contributed by atoms with Crippen molar-refractivity contribution in [3.05, 3.63) is 106 Å². The van der Waals surface area contributed by atoms with E-state index in [1.807, 2.05) is 66.7 Å². The van der Waals surface area contributed by atoms with Crippen molar-refractivity contribution in [3.63, 3.8) is 0 Å². The Balaban J connectivity index is 1.83. The third kappa shape index (κ3) is 4.02. The molecule has 1 aliphatic rings. The molecule has 5 rings (SSSR count). The van der Waals surface area contributed by atoms with Gasteiger partial charge in [-0.2, -0.15) is 0 Å². The van der Waals surface area contributed by atoms with Crippen LogP contribution < -0.4 is 5.32 Å². The highest BCUT2D eigenvalue weighted by Crippen LogP contribution is 2.38. The van der Waals surface area contributed by atoms with Crippen LogP contribution in [-0.2, 0) is 4.79 Å². The molecule has 1 amide bonds. The number of amides is 1. The predicted molar refractivity (Wildman–Crippen MR) is 138 cm³/mol. The van der Waals surface area contributed by atoms with E-state index in [1.54, 1.807) is 0 Å². The monoisotopic (exact) mass is 472 g/mol. The molecule has 1 saturated heterocycles. The van der Waals surface area contributed by atoms with E-state index in [9.17, 15) is 4.79 Å². The van der Waals surface area contributed by atoms with Crippen LogP contribution in [0.25, 0.3) is 34.3 Å². The molecule has 1 N–H and O–H groups in total. The van der Waals surface area contributed by atoms with E-state index in [2.05, 4.69) is 40.2 Å². The summed E-state index contributed by atoms with van der Waals surface area (Å²) in [6.07, 6.45) is 1.92. The zero-order valence-corrected chi connectivity index (χ0v) is 19.2. The SMILES string of the molecule is O=C1NC(=S)S/C1=C\c1cc(-c2ccccc2)n(-c2ccc(Cl)cc2)c1-c1ccccc1. The smallest absolute Gasteiger partial charge is 0.263 e. The van der Waals surface area contributed by atoms with Crippen molar-refractivity contribution >= 4 is 51.9 Å². The normalized spacial score (nSPS) is 14.7. The Morgan fingerprint density at radius 3 is 2.09 bits per heavy atom. The van der Waals surface area contributed by atoms with Crippen LogP contribution in [0.2, 0.25) is 5.02 Å². The molecular weight excluding hydrogens is 456 g/mol. The van der Waals surface area contributed by atoms with Crippen molar-refractivity contribution in [2.24, 2.45) is 0 Å². The second-order valence-corrected chi connectivity index (χ2v) is 9.38. The van der Waals surface area contributed by atoms with E-state index in [-0.39, 0.29) is 5.91 Å². The Hall–Kier alpha value is -3.12. The van der Waals surface area contributed by atoms with Crippen LogP contribution in [0.5, 0.6) is 0 Å². The van der Waals surface area contributed by atoms with E-state index in [4.69, 9.17) is 23.8 Å².